The molecule has 0 radical (unpaired) electrons. The minimum absolute atomic E-state index is 0.216. The Balaban J connectivity index is 2.97. The fraction of sp³-hybridized carbons (Fsp3) is 0.615. The van der Waals surface area contributed by atoms with Gasteiger partial charge in [-0.05, 0) is 32.8 Å². The highest BCUT2D eigenvalue weighted by Crippen LogP contribution is 2.23. The molecule has 0 aliphatic rings. The van der Waals surface area contributed by atoms with Crippen LogP contribution < -0.4 is 16.2 Å². The molecular formula is C13H23N5O2. The van der Waals surface area contributed by atoms with Crippen LogP contribution in [0.4, 0.5) is 4.79 Å². The molecule has 0 saturated carbocycles. The van der Waals surface area contributed by atoms with Gasteiger partial charge in [0.05, 0.1) is 5.54 Å². The molecule has 0 spiro atoms. The maximum atomic E-state index is 12.0. The SMILES string of the molecule is CNC(=O)NNC(=O)c1cc(C(C)C)n(C(C)(C)C)n1. The van der Waals surface area contributed by atoms with Crippen molar-refractivity contribution in [3.8, 4) is 0 Å². The Morgan fingerprint density at radius 2 is 1.85 bits per heavy atom. The number of carbonyl (C=O) groups is 2. The molecule has 0 saturated heterocycles. The van der Waals surface area contributed by atoms with Crippen LogP contribution in [0.3, 0.4) is 0 Å². The number of nitrogens with zero attached hydrogens (tertiary/aromatic N) is 2. The van der Waals surface area contributed by atoms with Gasteiger partial charge in [0.15, 0.2) is 5.69 Å². The molecule has 1 heterocycles. The molecule has 20 heavy (non-hydrogen) atoms. The van der Waals surface area contributed by atoms with Crippen LogP contribution in [0.2, 0.25) is 0 Å². The smallest absolute Gasteiger partial charge is 0.333 e. The van der Waals surface area contributed by atoms with Crippen molar-refractivity contribution in [2.24, 2.45) is 0 Å². The first-order chi connectivity index (χ1) is 9.16. The predicted octanol–water partition coefficient (Wildman–Crippen LogP) is 1.34. The zero-order chi connectivity index (χ0) is 15.5. The standard InChI is InChI=1S/C13H23N5O2/c1-8(2)10-7-9(17-18(10)13(3,4)5)11(19)15-16-12(20)14-6/h7-8H,1-6H3,(H,15,19)(H2,14,16,20). The molecule has 0 aliphatic heterocycles. The topological polar surface area (TPSA) is 88.0 Å². The zero-order valence-corrected chi connectivity index (χ0v) is 12.9. The molecule has 0 aliphatic carbocycles. The lowest BCUT2D eigenvalue weighted by molar-refractivity contribution is 0.0930. The molecular weight excluding hydrogens is 258 g/mol. The summed E-state index contributed by atoms with van der Waals surface area (Å²) < 4.78 is 1.84. The third kappa shape index (κ3) is 3.72. The molecule has 1 aromatic heterocycles. The molecule has 0 atom stereocenters. The van der Waals surface area contributed by atoms with Crippen LogP contribution in [0.25, 0.3) is 0 Å². The fourth-order valence-electron chi connectivity index (χ4n) is 1.70. The number of nitrogens with one attached hydrogen (secondary N) is 3. The molecule has 0 aromatic carbocycles. The van der Waals surface area contributed by atoms with Crippen molar-refractivity contribution in [2.45, 2.75) is 46.1 Å². The molecule has 0 unspecified atom stereocenters. The lowest BCUT2D eigenvalue weighted by atomic mass is 10.1. The average Bonchev–Trinajstić information content (AvgIpc) is 2.80. The van der Waals surface area contributed by atoms with Gasteiger partial charge >= 0.3 is 6.03 Å². The van der Waals surface area contributed by atoms with Crippen molar-refractivity contribution in [3.63, 3.8) is 0 Å². The highest BCUT2D eigenvalue weighted by atomic mass is 16.2. The highest BCUT2D eigenvalue weighted by Gasteiger charge is 2.23. The van der Waals surface area contributed by atoms with Crippen molar-refractivity contribution in [1.29, 1.82) is 0 Å². The first kappa shape index (κ1) is 16.0. The Bertz CT molecular complexity index is 499. The van der Waals surface area contributed by atoms with Gasteiger partial charge in [-0.25, -0.2) is 10.2 Å². The Labute approximate surface area is 119 Å². The molecule has 1 aromatic rings. The molecule has 7 nitrogen and oxygen atoms in total. The summed E-state index contributed by atoms with van der Waals surface area (Å²) in [6, 6.07) is 1.26. The number of rotatable bonds is 2. The van der Waals surface area contributed by atoms with Crippen LogP contribution in [-0.2, 0) is 5.54 Å². The van der Waals surface area contributed by atoms with Crippen molar-refractivity contribution in [2.75, 3.05) is 7.05 Å². The highest BCUT2D eigenvalue weighted by molar-refractivity contribution is 5.93. The van der Waals surface area contributed by atoms with Crippen LogP contribution in [0, 0.1) is 0 Å². The minimum Gasteiger partial charge on any atom is -0.340 e. The van der Waals surface area contributed by atoms with E-state index in [4.69, 9.17) is 0 Å². The lowest BCUT2D eigenvalue weighted by Gasteiger charge is -2.23. The molecule has 0 fully saturated rings. The summed E-state index contributed by atoms with van der Waals surface area (Å²) in [7, 11) is 1.46. The molecule has 1 rings (SSSR count). The molecule has 7 heteroatoms. The van der Waals surface area contributed by atoms with E-state index in [0.717, 1.165) is 5.69 Å². The lowest BCUT2D eigenvalue weighted by Crippen LogP contribution is -2.46. The Hall–Kier alpha value is -2.05. The van der Waals surface area contributed by atoms with Gasteiger partial charge in [0.2, 0.25) is 0 Å². The number of hydrogen-bond donors (Lipinski definition) is 3. The number of aromatic nitrogens is 2. The van der Waals surface area contributed by atoms with Gasteiger partial charge in [-0.2, -0.15) is 5.10 Å². The molecule has 0 bridgehead atoms. The van der Waals surface area contributed by atoms with Crippen molar-refractivity contribution < 1.29 is 9.59 Å². The fourth-order valence-corrected chi connectivity index (χ4v) is 1.70. The predicted molar refractivity (Wildman–Crippen MR) is 76.4 cm³/mol. The third-order valence-electron chi connectivity index (χ3n) is 2.71. The van der Waals surface area contributed by atoms with E-state index in [1.54, 1.807) is 6.07 Å². The number of amides is 3. The summed E-state index contributed by atoms with van der Waals surface area (Å²) in [5.74, 6) is -0.200. The van der Waals surface area contributed by atoms with Crippen LogP contribution >= 0.6 is 0 Å². The Morgan fingerprint density at radius 3 is 2.25 bits per heavy atom. The summed E-state index contributed by atoms with van der Waals surface area (Å²) >= 11 is 0. The number of hydrogen-bond acceptors (Lipinski definition) is 3. The average molecular weight is 281 g/mol. The summed E-state index contributed by atoms with van der Waals surface area (Å²) in [4.78, 5) is 23.0. The second kappa shape index (κ2) is 5.94. The van der Waals surface area contributed by atoms with E-state index in [1.807, 2.05) is 39.3 Å². The number of hydrazine groups is 1. The van der Waals surface area contributed by atoms with Crippen LogP contribution in [-0.4, -0.2) is 28.8 Å². The van der Waals surface area contributed by atoms with E-state index in [0.29, 0.717) is 0 Å². The molecule has 3 N–H and O–H groups in total. The second-order valence-electron chi connectivity index (χ2n) is 5.85. The molecule has 112 valence electrons. The number of carbonyl (C=O) groups excluding carboxylic acids is 2. The van der Waals surface area contributed by atoms with Gasteiger partial charge in [0.25, 0.3) is 5.91 Å². The zero-order valence-electron chi connectivity index (χ0n) is 12.9. The first-order valence-corrected chi connectivity index (χ1v) is 6.55. The maximum Gasteiger partial charge on any atom is 0.333 e. The first-order valence-electron chi connectivity index (χ1n) is 6.55. The van der Waals surface area contributed by atoms with Gasteiger partial charge in [-0.15, -0.1) is 0 Å². The summed E-state index contributed by atoms with van der Waals surface area (Å²) in [6.07, 6.45) is 0. The van der Waals surface area contributed by atoms with Gasteiger partial charge in [0.1, 0.15) is 0 Å². The van der Waals surface area contributed by atoms with E-state index < -0.39 is 11.9 Å². The van der Waals surface area contributed by atoms with Crippen molar-refractivity contribution >= 4 is 11.9 Å². The van der Waals surface area contributed by atoms with Gasteiger partial charge < -0.3 is 5.32 Å². The van der Waals surface area contributed by atoms with Crippen molar-refractivity contribution in [1.82, 2.24) is 25.9 Å². The minimum atomic E-state index is -0.488. The van der Waals surface area contributed by atoms with Crippen LogP contribution in [0.1, 0.15) is 56.7 Å². The van der Waals surface area contributed by atoms with E-state index >= 15 is 0 Å². The van der Waals surface area contributed by atoms with Gasteiger partial charge in [0, 0.05) is 12.7 Å². The molecule has 3 amide bonds. The van der Waals surface area contributed by atoms with Crippen LogP contribution in [0.15, 0.2) is 6.07 Å². The van der Waals surface area contributed by atoms with Gasteiger partial charge in [-0.1, -0.05) is 13.8 Å². The quantitative estimate of drug-likeness (QED) is 0.715. The van der Waals surface area contributed by atoms with E-state index in [9.17, 15) is 9.59 Å². The van der Waals surface area contributed by atoms with E-state index in [1.165, 1.54) is 7.05 Å². The van der Waals surface area contributed by atoms with Crippen molar-refractivity contribution in [3.05, 3.63) is 17.5 Å². The van der Waals surface area contributed by atoms with E-state index in [-0.39, 0.29) is 17.2 Å². The summed E-state index contributed by atoms with van der Waals surface area (Å²) in [5, 5.41) is 6.68. The normalized spacial score (nSPS) is 11.3. The largest absolute Gasteiger partial charge is 0.340 e. The Morgan fingerprint density at radius 1 is 1.25 bits per heavy atom. The Kier molecular flexibility index (Phi) is 4.75. The maximum absolute atomic E-state index is 12.0. The summed E-state index contributed by atoms with van der Waals surface area (Å²) in [6.45, 7) is 10.2. The van der Waals surface area contributed by atoms with Gasteiger partial charge in [-0.3, -0.25) is 14.9 Å². The number of urea groups is 1. The van der Waals surface area contributed by atoms with E-state index in [2.05, 4.69) is 21.3 Å². The van der Waals surface area contributed by atoms with Crippen LogP contribution in [0.5, 0.6) is 0 Å². The monoisotopic (exact) mass is 281 g/mol. The second-order valence-corrected chi connectivity index (χ2v) is 5.85. The third-order valence-corrected chi connectivity index (χ3v) is 2.71. The summed E-state index contributed by atoms with van der Waals surface area (Å²) in [5.41, 5.74) is 5.57.